The van der Waals surface area contributed by atoms with Crippen LogP contribution in [-0.4, -0.2) is 25.8 Å². The van der Waals surface area contributed by atoms with Gasteiger partial charge < -0.3 is 9.55 Å². The third-order valence-corrected chi connectivity index (χ3v) is 3.16. The molecule has 0 aliphatic carbocycles. The Morgan fingerprint density at radius 1 is 1.39 bits per heavy atom. The van der Waals surface area contributed by atoms with E-state index in [1.54, 1.807) is 0 Å². The van der Waals surface area contributed by atoms with E-state index in [2.05, 4.69) is 15.0 Å². The minimum Gasteiger partial charge on any atom is -0.342 e. The minimum atomic E-state index is 0.488. The van der Waals surface area contributed by atoms with Gasteiger partial charge in [0.05, 0.1) is 23.1 Å². The van der Waals surface area contributed by atoms with Crippen molar-refractivity contribution in [2.75, 3.05) is 0 Å². The summed E-state index contributed by atoms with van der Waals surface area (Å²) in [5.74, 6) is 0.958. The molecule has 3 rings (SSSR count). The molecule has 0 aliphatic heterocycles. The van der Waals surface area contributed by atoms with Gasteiger partial charge in [-0.25, -0.2) is 9.97 Å². The third-order valence-electron chi connectivity index (χ3n) is 3.16. The normalized spacial score (nSPS) is 11.0. The molecule has 5 nitrogen and oxygen atoms in total. The number of aromatic nitrogens is 4. The number of aldehydes is 1. The Morgan fingerprint density at radius 3 is 3.00 bits per heavy atom. The van der Waals surface area contributed by atoms with E-state index in [4.69, 9.17) is 0 Å². The lowest BCUT2D eigenvalue weighted by Crippen LogP contribution is -1.90. The summed E-state index contributed by atoms with van der Waals surface area (Å²) in [6, 6.07) is 5.89. The maximum Gasteiger partial charge on any atom is 0.168 e. The van der Waals surface area contributed by atoms with Crippen molar-refractivity contribution in [1.82, 2.24) is 19.5 Å². The predicted molar refractivity (Wildman–Crippen MR) is 68.4 cm³/mol. The van der Waals surface area contributed by atoms with Crippen LogP contribution in [0.4, 0.5) is 0 Å². The van der Waals surface area contributed by atoms with Gasteiger partial charge in [-0.1, -0.05) is 6.07 Å². The van der Waals surface area contributed by atoms with E-state index in [1.165, 1.54) is 6.33 Å². The summed E-state index contributed by atoms with van der Waals surface area (Å²) in [5.41, 5.74) is 4.02. The molecule has 1 aromatic carbocycles. The zero-order valence-electron chi connectivity index (χ0n) is 10.1. The van der Waals surface area contributed by atoms with Gasteiger partial charge in [0.1, 0.15) is 11.5 Å². The molecule has 0 spiro atoms. The molecule has 2 heterocycles. The molecule has 0 atom stereocenters. The summed E-state index contributed by atoms with van der Waals surface area (Å²) in [5, 5.41) is 0. The Hall–Kier alpha value is -2.43. The summed E-state index contributed by atoms with van der Waals surface area (Å²) in [4.78, 5) is 22.4. The predicted octanol–water partition coefficient (Wildman–Crippen LogP) is 2.08. The van der Waals surface area contributed by atoms with Crippen LogP contribution in [0.5, 0.6) is 0 Å². The molecule has 0 bridgehead atoms. The second-order valence-electron chi connectivity index (χ2n) is 4.20. The highest BCUT2D eigenvalue weighted by atomic mass is 16.1. The average molecular weight is 240 g/mol. The number of carbonyl (C=O) groups excluding carboxylic acids is 1. The van der Waals surface area contributed by atoms with Crippen LogP contribution in [-0.2, 0) is 7.05 Å². The first kappa shape index (κ1) is 10.7. The van der Waals surface area contributed by atoms with Crippen LogP contribution in [0.3, 0.4) is 0 Å². The number of aromatic amines is 1. The molecule has 90 valence electrons. The summed E-state index contributed by atoms with van der Waals surface area (Å²) in [6.07, 6.45) is 2.29. The molecular weight excluding hydrogens is 228 g/mol. The molecular formula is C13H12N4O. The van der Waals surface area contributed by atoms with Gasteiger partial charge in [0.25, 0.3) is 0 Å². The lowest BCUT2D eigenvalue weighted by molar-refractivity contribution is 0.112. The van der Waals surface area contributed by atoms with Crippen molar-refractivity contribution in [1.29, 1.82) is 0 Å². The maximum atomic E-state index is 10.9. The molecule has 0 saturated heterocycles. The summed E-state index contributed by atoms with van der Waals surface area (Å²) >= 11 is 0. The van der Waals surface area contributed by atoms with E-state index in [-0.39, 0.29) is 0 Å². The van der Waals surface area contributed by atoms with E-state index in [0.29, 0.717) is 11.4 Å². The zero-order valence-corrected chi connectivity index (χ0v) is 10.1. The van der Waals surface area contributed by atoms with Crippen molar-refractivity contribution in [3.8, 4) is 11.3 Å². The highest BCUT2D eigenvalue weighted by Gasteiger charge is 2.10. The van der Waals surface area contributed by atoms with Gasteiger partial charge >= 0.3 is 0 Å². The van der Waals surface area contributed by atoms with Gasteiger partial charge in [-0.15, -0.1) is 0 Å². The Morgan fingerprint density at radius 2 is 2.22 bits per heavy atom. The minimum absolute atomic E-state index is 0.488. The van der Waals surface area contributed by atoms with Gasteiger partial charge in [-0.3, -0.25) is 4.79 Å². The number of nitrogens with one attached hydrogen (secondary N) is 1. The smallest absolute Gasteiger partial charge is 0.168 e. The van der Waals surface area contributed by atoms with Crippen LogP contribution in [0.15, 0.2) is 24.5 Å². The van der Waals surface area contributed by atoms with E-state index in [0.717, 1.165) is 28.7 Å². The van der Waals surface area contributed by atoms with Crippen molar-refractivity contribution in [2.24, 2.45) is 7.05 Å². The number of hydrogen-bond donors (Lipinski definition) is 1. The van der Waals surface area contributed by atoms with E-state index in [1.807, 2.05) is 36.7 Å². The number of fused-ring (bicyclic) bond motifs is 1. The molecule has 0 aliphatic rings. The average Bonchev–Trinajstić information content (AvgIpc) is 2.95. The zero-order chi connectivity index (χ0) is 12.7. The summed E-state index contributed by atoms with van der Waals surface area (Å²) in [7, 11) is 1.98. The second-order valence-corrected chi connectivity index (χ2v) is 4.20. The van der Waals surface area contributed by atoms with Crippen LogP contribution in [0.1, 0.15) is 16.3 Å². The summed E-state index contributed by atoms with van der Waals surface area (Å²) in [6.45, 7) is 1.96. The van der Waals surface area contributed by atoms with Gasteiger partial charge in [-0.2, -0.15) is 0 Å². The molecule has 0 unspecified atom stereocenters. The topological polar surface area (TPSA) is 63.6 Å². The standard InChI is InChI=1S/C13H12N4O/c1-8-16-10-5-9(3-4-12(10)17(8)2)13-11(6-18)14-7-15-13/h3-7H,1-2H3,(H,14,15). The van der Waals surface area contributed by atoms with Crippen molar-refractivity contribution < 1.29 is 4.79 Å². The van der Waals surface area contributed by atoms with Crippen molar-refractivity contribution in [3.05, 3.63) is 36.0 Å². The molecule has 0 saturated carbocycles. The lowest BCUT2D eigenvalue weighted by Gasteiger charge is -1.99. The Bertz CT molecular complexity index is 739. The second kappa shape index (κ2) is 3.80. The molecule has 3 aromatic rings. The number of rotatable bonds is 2. The Balaban J connectivity index is 2.22. The Kier molecular flexibility index (Phi) is 2.26. The SMILES string of the molecule is Cc1nc2cc(-c3nc[nH]c3C=O)ccc2n1C. The van der Waals surface area contributed by atoms with E-state index in [9.17, 15) is 4.79 Å². The first-order valence-electron chi connectivity index (χ1n) is 5.62. The highest BCUT2D eigenvalue weighted by molar-refractivity contribution is 5.87. The largest absolute Gasteiger partial charge is 0.342 e. The fourth-order valence-electron chi connectivity index (χ4n) is 2.09. The molecule has 18 heavy (non-hydrogen) atoms. The number of H-pyrrole nitrogens is 1. The molecule has 0 amide bonds. The van der Waals surface area contributed by atoms with E-state index >= 15 is 0 Å². The molecule has 2 aromatic heterocycles. The van der Waals surface area contributed by atoms with Crippen LogP contribution in [0.2, 0.25) is 0 Å². The van der Waals surface area contributed by atoms with Crippen molar-refractivity contribution in [3.63, 3.8) is 0 Å². The lowest BCUT2D eigenvalue weighted by atomic mass is 10.1. The van der Waals surface area contributed by atoms with Crippen LogP contribution in [0.25, 0.3) is 22.3 Å². The highest BCUT2D eigenvalue weighted by Crippen LogP contribution is 2.24. The number of imidazole rings is 2. The van der Waals surface area contributed by atoms with Crippen LogP contribution in [0, 0.1) is 6.92 Å². The fraction of sp³-hybridized carbons (Fsp3) is 0.154. The fourth-order valence-corrected chi connectivity index (χ4v) is 2.09. The van der Waals surface area contributed by atoms with E-state index < -0.39 is 0 Å². The van der Waals surface area contributed by atoms with Crippen LogP contribution >= 0.6 is 0 Å². The van der Waals surface area contributed by atoms with Crippen molar-refractivity contribution >= 4 is 17.3 Å². The molecule has 1 N–H and O–H groups in total. The van der Waals surface area contributed by atoms with Gasteiger partial charge in [-0.05, 0) is 19.1 Å². The number of benzene rings is 1. The van der Waals surface area contributed by atoms with Gasteiger partial charge in [0.15, 0.2) is 6.29 Å². The first-order valence-corrected chi connectivity index (χ1v) is 5.62. The van der Waals surface area contributed by atoms with Crippen LogP contribution < -0.4 is 0 Å². The quantitative estimate of drug-likeness (QED) is 0.697. The number of carbonyl (C=O) groups is 1. The Labute approximate surface area is 103 Å². The molecule has 0 fully saturated rings. The number of aryl methyl sites for hydroxylation is 2. The maximum absolute atomic E-state index is 10.9. The van der Waals surface area contributed by atoms with Gasteiger partial charge in [0, 0.05) is 12.6 Å². The van der Waals surface area contributed by atoms with Gasteiger partial charge in [0.2, 0.25) is 0 Å². The number of hydrogen-bond acceptors (Lipinski definition) is 3. The third kappa shape index (κ3) is 1.44. The summed E-state index contributed by atoms with van der Waals surface area (Å²) < 4.78 is 2.03. The first-order chi connectivity index (χ1) is 8.70. The molecule has 0 radical (unpaired) electrons. The number of nitrogens with zero attached hydrogens (tertiary/aromatic N) is 3. The monoisotopic (exact) mass is 240 g/mol. The molecule has 5 heteroatoms. The van der Waals surface area contributed by atoms with Crippen molar-refractivity contribution in [2.45, 2.75) is 6.92 Å².